The molecule has 2 saturated heterocycles. The Hall–Kier alpha value is -3.06. The highest BCUT2D eigenvalue weighted by Crippen LogP contribution is 2.34. The number of nitrogens with zero attached hydrogens (tertiary/aromatic N) is 2. The van der Waals surface area contributed by atoms with Crippen molar-refractivity contribution in [3.63, 3.8) is 0 Å². The lowest BCUT2D eigenvalue weighted by Crippen LogP contribution is -2.54. The van der Waals surface area contributed by atoms with E-state index in [-0.39, 0.29) is 11.5 Å². The van der Waals surface area contributed by atoms with Gasteiger partial charge in [0.05, 0.1) is 11.4 Å². The van der Waals surface area contributed by atoms with E-state index in [0.29, 0.717) is 41.9 Å². The predicted molar refractivity (Wildman–Crippen MR) is 121 cm³/mol. The number of anilines is 1. The Balaban J connectivity index is 1.52. The summed E-state index contributed by atoms with van der Waals surface area (Å²) < 4.78 is 14.7. The third-order valence-electron chi connectivity index (χ3n) is 6.97. The molecule has 1 unspecified atom stereocenters. The summed E-state index contributed by atoms with van der Waals surface area (Å²) in [6, 6.07) is 11.1. The second kappa shape index (κ2) is 8.47. The highest BCUT2D eigenvalue weighted by Gasteiger charge is 2.39. The molecule has 1 aliphatic carbocycles. The number of nitrogens with two attached hydrogens (primary N) is 1. The van der Waals surface area contributed by atoms with Crippen molar-refractivity contribution in [1.82, 2.24) is 4.90 Å². The minimum atomic E-state index is -1.15. The predicted octanol–water partition coefficient (Wildman–Crippen LogP) is 2.96. The summed E-state index contributed by atoms with van der Waals surface area (Å²) >= 11 is 0. The first-order valence-corrected chi connectivity index (χ1v) is 11.3. The molecule has 3 fully saturated rings. The maximum Gasteiger partial charge on any atom is 0.251 e. The largest absolute Gasteiger partial charge is 0.341 e. The van der Waals surface area contributed by atoms with Gasteiger partial charge in [0.2, 0.25) is 5.91 Å². The van der Waals surface area contributed by atoms with Crippen molar-refractivity contribution >= 4 is 23.2 Å². The van der Waals surface area contributed by atoms with Crippen LogP contribution in [0.5, 0.6) is 0 Å². The molecule has 3 N–H and O–H groups in total. The van der Waals surface area contributed by atoms with E-state index in [1.54, 1.807) is 42.5 Å². The highest BCUT2D eigenvalue weighted by atomic mass is 19.1. The summed E-state index contributed by atoms with van der Waals surface area (Å²) in [5.74, 6) is -0.170. The van der Waals surface area contributed by atoms with E-state index in [1.165, 1.54) is 6.07 Å². The van der Waals surface area contributed by atoms with Crippen LogP contribution in [0.25, 0.3) is 0 Å². The molecule has 2 atom stereocenters. The fourth-order valence-corrected chi connectivity index (χ4v) is 5.20. The van der Waals surface area contributed by atoms with E-state index in [9.17, 15) is 14.0 Å². The number of benzodiazepines with no additional fused rings is 1. The minimum absolute atomic E-state index is 0.258. The highest BCUT2D eigenvalue weighted by molar-refractivity contribution is 6.20. The van der Waals surface area contributed by atoms with Crippen LogP contribution in [-0.2, 0) is 9.59 Å². The number of para-hydroxylation sites is 1. The van der Waals surface area contributed by atoms with E-state index < -0.39 is 23.8 Å². The van der Waals surface area contributed by atoms with E-state index in [4.69, 9.17) is 5.73 Å². The van der Waals surface area contributed by atoms with Crippen LogP contribution in [0.15, 0.2) is 53.5 Å². The quantitative estimate of drug-likeness (QED) is 0.779. The molecule has 2 aromatic rings. The first-order chi connectivity index (χ1) is 15.5. The summed E-state index contributed by atoms with van der Waals surface area (Å²) in [7, 11) is 0. The third kappa shape index (κ3) is 3.81. The van der Waals surface area contributed by atoms with E-state index in [2.05, 4.69) is 10.3 Å². The standard InChI is InChI=1S/C25H27FN4O2/c26-19-7-3-1-5-17(19)22-18-6-2-4-8-20(18)28-24(31)23(29-22)21(27)25(32)30-13-15-9-10-16(14-30)12-11-15/h1-8,15-16,21,23H,9-14,27H2,(H,28,31)/t15?,16?,21?,23-/m0/s1. The fourth-order valence-electron chi connectivity index (χ4n) is 5.20. The lowest BCUT2D eigenvalue weighted by atomic mass is 9.84. The molecule has 2 amide bonds. The SMILES string of the molecule is NC(C(=O)N1CC2CCC(CC2)C1)[C@@H]1N=C(c2ccccc2F)c2ccccc2NC1=O. The van der Waals surface area contributed by atoms with Crippen molar-refractivity contribution in [2.45, 2.75) is 37.8 Å². The van der Waals surface area contributed by atoms with E-state index in [0.717, 1.165) is 25.7 Å². The Morgan fingerprint density at radius 1 is 1.00 bits per heavy atom. The lowest BCUT2D eigenvalue weighted by Gasteiger charge is -2.28. The molecule has 166 valence electrons. The van der Waals surface area contributed by atoms with Gasteiger partial charge in [0, 0.05) is 24.2 Å². The number of halogens is 1. The van der Waals surface area contributed by atoms with Crippen LogP contribution in [0, 0.1) is 17.7 Å². The Labute approximate surface area is 186 Å². The van der Waals surface area contributed by atoms with Crippen molar-refractivity contribution in [2.24, 2.45) is 22.6 Å². The van der Waals surface area contributed by atoms with Gasteiger partial charge in [0.25, 0.3) is 5.91 Å². The second-order valence-corrected chi connectivity index (χ2v) is 9.09. The van der Waals surface area contributed by atoms with Crippen LogP contribution in [-0.4, -0.2) is 47.6 Å². The van der Waals surface area contributed by atoms with Crippen molar-refractivity contribution < 1.29 is 14.0 Å². The monoisotopic (exact) mass is 434 g/mol. The van der Waals surface area contributed by atoms with Crippen LogP contribution in [0.2, 0.25) is 0 Å². The Morgan fingerprint density at radius 3 is 2.25 bits per heavy atom. The van der Waals surface area contributed by atoms with Gasteiger partial charge < -0.3 is 16.0 Å². The zero-order valence-electron chi connectivity index (χ0n) is 17.8. The molecule has 3 aliphatic heterocycles. The summed E-state index contributed by atoms with van der Waals surface area (Å²) in [6.07, 6.45) is 4.55. The number of benzene rings is 2. The number of carbonyl (C=O) groups excluding carboxylic acids is 2. The Kier molecular flexibility index (Phi) is 5.51. The average molecular weight is 435 g/mol. The minimum Gasteiger partial charge on any atom is -0.341 e. The molecular formula is C25H27FN4O2. The van der Waals surface area contributed by atoms with Gasteiger partial charge in [-0.3, -0.25) is 14.6 Å². The van der Waals surface area contributed by atoms with Gasteiger partial charge in [-0.2, -0.15) is 0 Å². The smallest absolute Gasteiger partial charge is 0.251 e. The number of hydrogen-bond acceptors (Lipinski definition) is 4. The molecule has 6 rings (SSSR count). The molecule has 6 nitrogen and oxygen atoms in total. The second-order valence-electron chi connectivity index (χ2n) is 9.09. The van der Waals surface area contributed by atoms with Gasteiger partial charge >= 0.3 is 0 Å². The maximum absolute atomic E-state index is 14.7. The van der Waals surface area contributed by atoms with Gasteiger partial charge in [0.15, 0.2) is 6.04 Å². The molecule has 7 heteroatoms. The van der Waals surface area contributed by atoms with Gasteiger partial charge in [-0.05, 0) is 55.7 Å². The zero-order chi connectivity index (χ0) is 22.2. The number of hydrogen-bond donors (Lipinski definition) is 2. The third-order valence-corrected chi connectivity index (χ3v) is 6.97. The summed E-state index contributed by atoms with van der Waals surface area (Å²) in [5, 5.41) is 2.85. The molecule has 3 heterocycles. The van der Waals surface area contributed by atoms with Crippen molar-refractivity contribution in [3.05, 3.63) is 65.5 Å². The molecule has 4 aliphatic rings. The van der Waals surface area contributed by atoms with Crippen LogP contribution in [0.4, 0.5) is 10.1 Å². The van der Waals surface area contributed by atoms with Crippen LogP contribution in [0.1, 0.15) is 36.8 Å². The summed E-state index contributed by atoms with van der Waals surface area (Å²) in [4.78, 5) is 32.9. The van der Waals surface area contributed by atoms with Crippen molar-refractivity contribution in [3.8, 4) is 0 Å². The summed E-state index contributed by atoms with van der Waals surface area (Å²) in [6.45, 7) is 1.36. The maximum atomic E-state index is 14.7. The molecule has 0 radical (unpaired) electrons. The summed E-state index contributed by atoms with van der Waals surface area (Å²) in [5.41, 5.74) is 8.12. The van der Waals surface area contributed by atoms with Gasteiger partial charge in [0.1, 0.15) is 11.9 Å². The molecule has 2 bridgehead atoms. The van der Waals surface area contributed by atoms with Crippen molar-refractivity contribution in [2.75, 3.05) is 18.4 Å². The van der Waals surface area contributed by atoms with Crippen LogP contribution >= 0.6 is 0 Å². The zero-order valence-corrected chi connectivity index (χ0v) is 17.8. The van der Waals surface area contributed by atoms with Crippen LogP contribution in [0.3, 0.4) is 0 Å². The first-order valence-electron chi connectivity index (χ1n) is 11.3. The average Bonchev–Trinajstić information content (AvgIpc) is 3.20. The number of aliphatic imine (C=N–C) groups is 1. The fraction of sp³-hybridized carbons (Fsp3) is 0.400. The van der Waals surface area contributed by atoms with Gasteiger partial charge in [-0.15, -0.1) is 0 Å². The number of nitrogens with one attached hydrogen (secondary N) is 1. The normalized spacial score (nSPS) is 25.8. The first kappa shape index (κ1) is 20.8. The van der Waals surface area contributed by atoms with E-state index >= 15 is 0 Å². The molecule has 0 spiro atoms. The molecule has 32 heavy (non-hydrogen) atoms. The van der Waals surface area contributed by atoms with Gasteiger partial charge in [-0.1, -0.05) is 30.3 Å². The number of amides is 2. The topological polar surface area (TPSA) is 87.8 Å². The molecule has 2 aromatic carbocycles. The van der Waals surface area contributed by atoms with E-state index in [1.807, 2.05) is 4.90 Å². The molecule has 0 aromatic heterocycles. The molecule has 1 saturated carbocycles. The number of rotatable bonds is 3. The Morgan fingerprint density at radius 2 is 1.59 bits per heavy atom. The Bertz CT molecular complexity index is 1060. The van der Waals surface area contributed by atoms with Crippen LogP contribution < -0.4 is 11.1 Å². The number of fused-ring (bicyclic) bond motifs is 5. The van der Waals surface area contributed by atoms with Crippen molar-refractivity contribution in [1.29, 1.82) is 0 Å². The van der Waals surface area contributed by atoms with Gasteiger partial charge in [-0.25, -0.2) is 4.39 Å². The number of carbonyl (C=O) groups is 2. The molecular weight excluding hydrogens is 407 g/mol. The lowest BCUT2D eigenvalue weighted by molar-refractivity contribution is -0.135.